The molecule has 1 heterocycles. The fourth-order valence-electron chi connectivity index (χ4n) is 2.06. The number of hydrogen-bond acceptors (Lipinski definition) is 5. The van der Waals surface area contributed by atoms with Crippen molar-refractivity contribution in [1.82, 2.24) is 15.1 Å². The number of aliphatic hydroxyl groups excluding tert-OH is 1. The van der Waals surface area contributed by atoms with E-state index in [-0.39, 0.29) is 12.2 Å². The molecule has 0 aromatic carbocycles. The SMILES string of the molecule is CCC1CC1NCC(O)Cn1cc([N+](=O)[O-])cn1. The molecule has 1 aromatic rings. The van der Waals surface area contributed by atoms with Gasteiger partial charge in [0, 0.05) is 12.6 Å². The minimum absolute atomic E-state index is 0.0524. The van der Waals surface area contributed by atoms with E-state index < -0.39 is 11.0 Å². The van der Waals surface area contributed by atoms with Crippen LogP contribution in [-0.4, -0.2) is 38.5 Å². The summed E-state index contributed by atoms with van der Waals surface area (Å²) >= 11 is 0. The molecule has 7 heteroatoms. The topological polar surface area (TPSA) is 93.2 Å². The maximum Gasteiger partial charge on any atom is 0.306 e. The first-order valence-electron chi connectivity index (χ1n) is 6.18. The van der Waals surface area contributed by atoms with E-state index >= 15 is 0 Å². The highest BCUT2D eigenvalue weighted by Crippen LogP contribution is 2.32. The fraction of sp³-hybridized carbons (Fsp3) is 0.727. The summed E-state index contributed by atoms with van der Waals surface area (Å²) in [5, 5.41) is 27.4. The second-order valence-electron chi connectivity index (χ2n) is 4.75. The van der Waals surface area contributed by atoms with Crippen LogP contribution in [-0.2, 0) is 6.54 Å². The normalized spacial score (nSPS) is 23.9. The zero-order chi connectivity index (χ0) is 13.1. The highest BCUT2D eigenvalue weighted by atomic mass is 16.6. The zero-order valence-corrected chi connectivity index (χ0v) is 10.3. The van der Waals surface area contributed by atoms with Gasteiger partial charge < -0.3 is 10.4 Å². The van der Waals surface area contributed by atoms with Crippen molar-refractivity contribution in [3.8, 4) is 0 Å². The van der Waals surface area contributed by atoms with Crippen molar-refractivity contribution in [2.24, 2.45) is 5.92 Å². The Morgan fingerprint density at radius 1 is 1.78 bits per heavy atom. The predicted molar refractivity (Wildman–Crippen MR) is 65.1 cm³/mol. The number of hydrogen-bond donors (Lipinski definition) is 2. The van der Waals surface area contributed by atoms with E-state index in [4.69, 9.17) is 0 Å². The van der Waals surface area contributed by atoms with Crippen molar-refractivity contribution in [2.75, 3.05) is 6.54 Å². The van der Waals surface area contributed by atoms with E-state index in [1.807, 2.05) is 0 Å². The smallest absolute Gasteiger partial charge is 0.306 e. The molecule has 2 rings (SSSR count). The van der Waals surface area contributed by atoms with Gasteiger partial charge in [-0.1, -0.05) is 13.3 Å². The van der Waals surface area contributed by atoms with Crippen LogP contribution in [0.5, 0.6) is 0 Å². The lowest BCUT2D eigenvalue weighted by atomic mass is 10.3. The van der Waals surface area contributed by atoms with Gasteiger partial charge in [-0.3, -0.25) is 14.8 Å². The molecule has 0 amide bonds. The van der Waals surface area contributed by atoms with Crippen LogP contribution in [0, 0.1) is 16.0 Å². The second kappa shape index (κ2) is 5.45. The molecule has 0 saturated heterocycles. The average molecular weight is 254 g/mol. The predicted octanol–water partition coefficient (Wildman–Crippen LogP) is 0.540. The molecule has 3 unspecified atom stereocenters. The van der Waals surface area contributed by atoms with Gasteiger partial charge in [0.25, 0.3) is 0 Å². The van der Waals surface area contributed by atoms with Crippen molar-refractivity contribution in [2.45, 2.75) is 38.5 Å². The fourth-order valence-corrected chi connectivity index (χ4v) is 2.06. The van der Waals surface area contributed by atoms with E-state index in [2.05, 4.69) is 17.3 Å². The molecular weight excluding hydrogens is 236 g/mol. The van der Waals surface area contributed by atoms with E-state index in [1.54, 1.807) is 0 Å². The van der Waals surface area contributed by atoms with Crippen molar-refractivity contribution in [1.29, 1.82) is 0 Å². The minimum atomic E-state index is -0.581. The Labute approximate surface area is 105 Å². The number of aliphatic hydroxyl groups is 1. The lowest BCUT2D eigenvalue weighted by Gasteiger charge is -2.11. The summed E-state index contributed by atoms with van der Waals surface area (Å²) in [5.74, 6) is 0.739. The molecule has 1 aliphatic rings. The van der Waals surface area contributed by atoms with Gasteiger partial charge in [0.1, 0.15) is 12.4 Å². The molecule has 1 fully saturated rings. The van der Waals surface area contributed by atoms with Crippen LogP contribution in [0.2, 0.25) is 0 Å². The monoisotopic (exact) mass is 254 g/mol. The molecule has 0 bridgehead atoms. The van der Waals surface area contributed by atoms with Gasteiger partial charge in [0.15, 0.2) is 0 Å². The standard InChI is InChI=1S/C11H18N4O3/c1-2-8-3-11(8)12-5-10(16)7-14-6-9(4-13-14)15(17)18/h4,6,8,10-12,16H,2-3,5,7H2,1H3. The van der Waals surface area contributed by atoms with E-state index in [0.717, 1.165) is 5.92 Å². The van der Waals surface area contributed by atoms with Crippen LogP contribution in [0.4, 0.5) is 5.69 Å². The maximum absolute atomic E-state index is 10.5. The number of nitrogens with zero attached hydrogens (tertiary/aromatic N) is 3. The molecule has 0 radical (unpaired) electrons. The van der Waals surface area contributed by atoms with Crippen molar-refractivity contribution in [3.05, 3.63) is 22.5 Å². The van der Waals surface area contributed by atoms with Gasteiger partial charge in [-0.05, 0) is 12.3 Å². The van der Waals surface area contributed by atoms with Gasteiger partial charge in [0.2, 0.25) is 0 Å². The lowest BCUT2D eigenvalue weighted by molar-refractivity contribution is -0.385. The summed E-state index contributed by atoms with van der Waals surface area (Å²) in [4.78, 5) is 9.97. The number of nitro groups is 1. The first-order chi connectivity index (χ1) is 8.60. The Morgan fingerprint density at radius 2 is 2.56 bits per heavy atom. The Balaban J connectivity index is 1.73. The third-order valence-electron chi connectivity index (χ3n) is 3.29. The van der Waals surface area contributed by atoms with E-state index in [0.29, 0.717) is 12.6 Å². The molecular formula is C11H18N4O3. The Morgan fingerprint density at radius 3 is 3.11 bits per heavy atom. The summed E-state index contributed by atoms with van der Waals surface area (Å²) in [5.41, 5.74) is -0.0524. The maximum atomic E-state index is 10.5. The number of aromatic nitrogens is 2. The quantitative estimate of drug-likeness (QED) is 0.547. The molecule has 3 atom stereocenters. The first kappa shape index (κ1) is 13.0. The molecule has 1 aromatic heterocycles. The molecule has 0 spiro atoms. The largest absolute Gasteiger partial charge is 0.390 e. The molecule has 7 nitrogen and oxygen atoms in total. The average Bonchev–Trinajstić information content (AvgIpc) is 2.95. The third kappa shape index (κ3) is 3.27. The van der Waals surface area contributed by atoms with E-state index in [1.165, 1.54) is 29.9 Å². The second-order valence-corrected chi connectivity index (χ2v) is 4.75. The first-order valence-corrected chi connectivity index (χ1v) is 6.18. The highest BCUT2D eigenvalue weighted by Gasteiger charge is 2.34. The van der Waals surface area contributed by atoms with E-state index in [9.17, 15) is 15.2 Å². The summed E-state index contributed by atoms with van der Waals surface area (Å²) in [6, 6.07) is 0.525. The zero-order valence-electron chi connectivity index (χ0n) is 10.3. The lowest BCUT2D eigenvalue weighted by Crippen LogP contribution is -2.32. The van der Waals surface area contributed by atoms with Gasteiger partial charge in [-0.15, -0.1) is 0 Å². The van der Waals surface area contributed by atoms with Crippen molar-refractivity contribution >= 4 is 5.69 Å². The van der Waals surface area contributed by atoms with Gasteiger partial charge in [-0.25, -0.2) is 0 Å². The van der Waals surface area contributed by atoms with Crippen LogP contribution < -0.4 is 5.32 Å². The van der Waals surface area contributed by atoms with Crippen LogP contribution in [0.25, 0.3) is 0 Å². The molecule has 100 valence electrons. The van der Waals surface area contributed by atoms with Gasteiger partial charge in [-0.2, -0.15) is 5.10 Å². The van der Waals surface area contributed by atoms with Crippen LogP contribution >= 0.6 is 0 Å². The Bertz CT molecular complexity index is 420. The Kier molecular flexibility index (Phi) is 3.93. The Hall–Kier alpha value is -1.47. The highest BCUT2D eigenvalue weighted by molar-refractivity contribution is 5.20. The van der Waals surface area contributed by atoms with Crippen LogP contribution in [0.1, 0.15) is 19.8 Å². The minimum Gasteiger partial charge on any atom is -0.390 e. The van der Waals surface area contributed by atoms with Crippen LogP contribution in [0.15, 0.2) is 12.4 Å². The molecule has 0 aliphatic heterocycles. The number of nitrogens with one attached hydrogen (secondary N) is 1. The van der Waals surface area contributed by atoms with Gasteiger partial charge >= 0.3 is 5.69 Å². The molecule has 18 heavy (non-hydrogen) atoms. The van der Waals surface area contributed by atoms with Crippen molar-refractivity contribution in [3.63, 3.8) is 0 Å². The third-order valence-corrected chi connectivity index (χ3v) is 3.29. The van der Waals surface area contributed by atoms with Gasteiger partial charge in [0.05, 0.1) is 17.6 Å². The molecule has 2 N–H and O–H groups in total. The summed E-state index contributed by atoms with van der Waals surface area (Å²) in [6.07, 6.45) is 4.28. The van der Waals surface area contributed by atoms with Crippen LogP contribution in [0.3, 0.4) is 0 Å². The summed E-state index contributed by atoms with van der Waals surface area (Å²) in [6.45, 7) is 2.92. The molecule has 1 aliphatic carbocycles. The van der Waals surface area contributed by atoms with Crippen molar-refractivity contribution < 1.29 is 10.0 Å². The summed E-state index contributed by atoms with van der Waals surface area (Å²) < 4.78 is 1.40. The summed E-state index contributed by atoms with van der Waals surface area (Å²) in [7, 11) is 0. The molecule has 1 saturated carbocycles. The number of rotatable bonds is 7.